The van der Waals surface area contributed by atoms with E-state index in [9.17, 15) is 14.7 Å². The van der Waals surface area contributed by atoms with E-state index in [4.69, 9.17) is 11.6 Å². The Hall–Kier alpha value is -1.95. The van der Waals surface area contributed by atoms with Gasteiger partial charge < -0.3 is 20.5 Å². The van der Waals surface area contributed by atoms with E-state index in [0.29, 0.717) is 6.54 Å². The molecule has 3 N–H and O–H groups in total. The van der Waals surface area contributed by atoms with Gasteiger partial charge in [0.2, 0.25) is 0 Å². The lowest BCUT2D eigenvalue weighted by Crippen LogP contribution is -2.47. The molecular formula is C13H17ClN2O4. The van der Waals surface area contributed by atoms with Gasteiger partial charge in [0.05, 0.1) is 7.11 Å². The molecule has 0 aliphatic rings. The van der Waals surface area contributed by atoms with Crippen molar-refractivity contribution in [3.05, 3.63) is 29.8 Å². The summed E-state index contributed by atoms with van der Waals surface area (Å²) >= 11 is 5.46. The SMILES string of the molecule is COC(=O)C(Cc1ccc(O)cc1)NC(=O)NCCCl. The molecule has 0 bridgehead atoms. The summed E-state index contributed by atoms with van der Waals surface area (Å²) in [6.45, 7) is 0.306. The number of carbonyl (C=O) groups excluding carboxylic acids is 2. The molecule has 0 aliphatic carbocycles. The third kappa shape index (κ3) is 5.36. The van der Waals surface area contributed by atoms with Crippen LogP contribution in [0.3, 0.4) is 0 Å². The molecule has 110 valence electrons. The van der Waals surface area contributed by atoms with Crippen molar-refractivity contribution >= 4 is 23.6 Å². The van der Waals surface area contributed by atoms with Gasteiger partial charge in [-0.1, -0.05) is 12.1 Å². The lowest BCUT2D eigenvalue weighted by molar-refractivity contribution is -0.142. The maximum Gasteiger partial charge on any atom is 0.328 e. The fourth-order valence-electron chi connectivity index (χ4n) is 1.57. The number of rotatable bonds is 6. The molecule has 0 saturated carbocycles. The average Bonchev–Trinajstić information content (AvgIpc) is 2.45. The molecule has 1 atom stereocenters. The topological polar surface area (TPSA) is 87.7 Å². The highest BCUT2D eigenvalue weighted by molar-refractivity contribution is 6.18. The van der Waals surface area contributed by atoms with Gasteiger partial charge >= 0.3 is 12.0 Å². The molecule has 0 heterocycles. The second-order valence-corrected chi connectivity index (χ2v) is 4.41. The number of hydrogen-bond donors (Lipinski definition) is 3. The molecule has 6 nitrogen and oxygen atoms in total. The van der Waals surface area contributed by atoms with Gasteiger partial charge in [-0.05, 0) is 17.7 Å². The van der Waals surface area contributed by atoms with E-state index in [2.05, 4.69) is 15.4 Å². The van der Waals surface area contributed by atoms with E-state index in [0.717, 1.165) is 5.56 Å². The summed E-state index contributed by atoms with van der Waals surface area (Å²) in [6.07, 6.45) is 0.265. The summed E-state index contributed by atoms with van der Waals surface area (Å²) in [7, 11) is 1.25. The van der Waals surface area contributed by atoms with Crippen molar-refractivity contribution in [1.82, 2.24) is 10.6 Å². The quantitative estimate of drug-likeness (QED) is 0.540. The number of nitrogens with one attached hydrogen (secondary N) is 2. The first kappa shape index (κ1) is 16.1. The summed E-state index contributed by atoms with van der Waals surface area (Å²) < 4.78 is 4.66. The molecule has 0 radical (unpaired) electrons. The largest absolute Gasteiger partial charge is 0.508 e. The van der Waals surface area contributed by atoms with Gasteiger partial charge in [0.1, 0.15) is 11.8 Å². The fourth-order valence-corrected chi connectivity index (χ4v) is 1.67. The van der Waals surface area contributed by atoms with Crippen molar-refractivity contribution in [3.63, 3.8) is 0 Å². The highest BCUT2D eigenvalue weighted by Gasteiger charge is 2.21. The van der Waals surface area contributed by atoms with Crippen LogP contribution in [0.5, 0.6) is 5.75 Å². The highest BCUT2D eigenvalue weighted by Crippen LogP contribution is 2.11. The van der Waals surface area contributed by atoms with Crippen LogP contribution in [0.25, 0.3) is 0 Å². The smallest absolute Gasteiger partial charge is 0.328 e. The standard InChI is InChI=1S/C13H17ClN2O4/c1-20-12(18)11(16-13(19)15-7-6-14)8-9-2-4-10(17)5-3-9/h2-5,11,17H,6-8H2,1H3,(H2,15,16,19). The van der Waals surface area contributed by atoms with E-state index < -0.39 is 18.0 Å². The van der Waals surface area contributed by atoms with Crippen LogP contribution in [-0.2, 0) is 16.0 Å². The Labute approximate surface area is 122 Å². The predicted molar refractivity (Wildman–Crippen MR) is 74.9 cm³/mol. The van der Waals surface area contributed by atoms with Gasteiger partial charge in [0.25, 0.3) is 0 Å². The van der Waals surface area contributed by atoms with Crippen LogP contribution < -0.4 is 10.6 Å². The monoisotopic (exact) mass is 300 g/mol. The minimum Gasteiger partial charge on any atom is -0.508 e. The maximum atomic E-state index is 11.7. The average molecular weight is 301 g/mol. The molecule has 0 saturated heterocycles. The van der Waals surface area contributed by atoms with E-state index >= 15 is 0 Å². The van der Waals surface area contributed by atoms with E-state index in [-0.39, 0.29) is 18.1 Å². The van der Waals surface area contributed by atoms with Gasteiger partial charge in [0, 0.05) is 18.8 Å². The normalized spacial score (nSPS) is 11.5. The summed E-state index contributed by atoms with van der Waals surface area (Å²) in [6, 6.07) is 5.07. The molecule has 2 amide bonds. The summed E-state index contributed by atoms with van der Waals surface area (Å²) in [5, 5.41) is 14.2. The molecule has 7 heteroatoms. The lowest BCUT2D eigenvalue weighted by Gasteiger charge is -2.17. The van der Waals surface area contributed by atoms with Crippen molar-refractivity contribution in [2.45, 2.75) is 12.5 Å². The first-order valence-corrected chi connectivity index (χ1v) is 6.56. The zero-order chi connectivity index (χ0) is 15.0. The van der Waals surface area contributed by atoms with Crippen molar-refractivity contribution < 1.29 is 19.4 Å². The first-order chi connectivity index (χ1) is 9.56. The van der Waals surface area contributed by atoms with E-state index in [1.54, 1.807) is 12.1 Å². The van der Waals surface area contributed by atoms with Crippen molar-refractivity contribution in [1.29, 1.82) is 0 Å². The Morgan fingerprint density at radius 1 is 1.35 bits per heavy atom. The minimum atomic E-state index is -0.806. The molecule has 1 aromatic carbocycles. The number of carbonyl (C=O) groups is 2. The first-order valence-electron chi connectivity index (χ1n) is 6.03. The summed E-state index contributed by atoms with van der Waals surface area (Å²) in [5.74, 6) is -0.121. The summed E-state index contributed by atoms with van der Waals surface area (Å²) in [4.78, 5) is 23.2. The Kier molecular flexibility index (Phi) is 6.66. The van der Waals surface area contributed by atoms with Gasteiger partial charge in [-0.15, -0.1) is 11.6 Å². The molecule has 0 aromatic heterocycles. The van der Waals surface area contributed by atoms with Crippen molar-refractivity contribution in [3.8, 4) is 5.75 Å². The Morgan fingerprint density at radius 3 is 2.55 bits per heavy atom. The molecular weight excluding hydrogens is 284 g/mol. The number of amides is 2. The molecule has 1 rings (SSSR count). The summed E-state index contributed by atoms with van der Waals surface area (Å²) in [5.41, 5.74) is 0.788. The number of phenolic OH excluding ortho intramolecular Hbond substituents is 1. The number of esters is 1. The lowest BCUT2D eigenvalue weighted by atomic mass is 10.1. The van der Waals surface area contributed by atoms with Crippen LogP contribution in [0.1, 0.15) is 5.56 Å². The van der Waals surface area contributed by atoms with Gasteiger partial charge in [-0.2, -0.15) is 0 Å². The number of aromatic hydroxyl groups is 1. The van der Waals surface area contributed by atoms with E-state index in [1.807, 2.05) is 0 Å². The third-order valence-corrected chi connectivity index (χ3v) is 2.74. The molecule has 20 heavy (non-hydrogen) atoms. The Morgan fingerprint density at radius 2 is 2.00 bits per heavy atom. The number of methoxy groups -OCH3 is 1. The fraction of sp³-hybridized carbons (Fsp3) is 0.385. The minimum absolute atomic E-state index is 0.135. The zero-order valence-corrected chi connectivity index (χ0v) is 11.8. The van der Waals surface area contributed by atoms with Gasteiger partial charge in [0.15, 0.2) is 0 Å². The second kappa shape index (κ2) is 8.27. The Bertz CT molecular complexity index is 450. The predicted octanol–water partition coefficient (Wildman–Crippen LogP) is 1.01. The number of urea groups is 1. The number of ether oxygens (including phenoxy) is 1. The molecule has 0 aliphatic heterocycles. The molecule has 0 fully saturated rings. The van der Waals surface area contributed by atoms with Crippen LogP contribution >= 0.6 is 11.6 Å². The number of benzene rings is 1. The van der Waals surface area contributed by atoms with E-state index in [1.165, 1.54) is 19.2 Å². The van der Waals surface area contributed by atoms with Crippen molar-refractivity contribution in [2.75, 3.05) is 19.5 Å². The number of halogens is 1. The second-order valence-electron chi connectivity index (χ2n) is 4.04. The number of alkyl halides is 1. The van der Waals surface area contributed by atoms with Gasteiger partial charge in [-0.25, -0.2) is 9.59 Å². The van der Waals surface area contributed by atoms with Crippen LogP contribution in [-0.4, -0.2) is 42.7 Å². The van der Waals surface area contributed by atoms with Gasteiger partial charge in [-0.3, -0.25) is 0 Å². The van der Waals surface area contributed by atoms with Crippen LogP contribution in [0, 0.1) is 0 Å². The number of phenols is 1. The van der Waals surface area contributed by atoms with Crippen molar-refractivity contribution in [2.24, 2.45) is 0 Å². The van der Waals surface area contributed by atoms with Crippen LogP contribution in [0.15, 0.2) is 24.3 Å². The highest BCUT2D eigenvalue weighted by atomic mass is 35.5. The maximum absolute atomic E-state index is 11.7. The zero-order valence-electron chi connectivity index (χ0n) is 11.1. The molecule has 1 aromatic rings. The Balaban J connectivity index is 2.67. The number of hydrogen-bond acceptors (Lipinski definition) is 4. The molecule has 0 spiro atoms. The van der Waals surface area contributed by atoms with Crippen LogP contribution in [0.2, 0.25) is 0 Å². The third-order valence-electron chi connectivity index (χ3n) is 2.55. The van der Waals surface area contributed by atoms with Crippen LogP contribution in [0.4, 0.5) is 4.79 Å². The molecule has 1 unspecified atom stereocenters.